The Labute approximate surface area is 177 Å². The largest absolute Gasteiger partial charge is 0.479 e. The van der Waals surface area contributed by atoms with Gasteiger partial charge in [0, 0.05) is 36.6 Å². The number of halogens is 3. The number of benzene rings is 2. The maximum Gasteiger partial charge on any atom is 0.272 e. The third-order valence-electron chi connectivity index (χ3n) is 4.32. The molecule has 0 spiro atoms. The van der Waals surface area contributed by atoms with E-state index in [1.807, 2.05) is 25.1 Å². The summed E-state index contributed by atoms with van der Waals surface area (Å²) in [5.74, 6) is -2.17. The highest BCUT2D eigenvalue weighted by Crippen LogP contribution is 2.34. The van der Waals surface area contributed by atoms with E-state index in [9.17, 15) is 21.6 Å². The van der Waals surface area contributed by atoms with Gasteiger partial charge >= 0.3 is 0 Å². The van der Waals surface area contributed by atoms with E-state index >= 15 is 0 Å². The number of rotatable bonds is 8. The van der Waals surface area contributed by atoms with Crippen molar-refractivity contribution in [2.75, 3.05) is 37.4 Å². The lowest BCUT2D eigenvalue weighted by Gasteiger charge is -2.18. The van der Waals surface area contributed by atoms with Gasteiger partial charge in [-0.15, -0.1) is 0 Å². The van der Waals surface area contributed by atoms with E-state index in [2.05, 4.69) is 14.4 Å². The molecule has 0 aliphatic heterocycles. The van der Waals surface area contributed by atoms with Crippen LogP contribution in [-0.4, -0.2) is 47.6 Å². The fraction of sp³-hybridized carbons (Fsp3) is 0.250. The maximum absolute atomic E-state index is 14.3. The summed E-state index contributed by atoms with van der Waals surface area (Å²) < 4.78 is 77.0. The minimum atomic E-state index is -4.19. The average Bonchev–Trinajstić information content (AvgIpc) is 2.71. The molecule has 0 bridgehead atoms. The lowest BCUT2D eigenvalue weighted by atomic mass is 10.1. The molecule has 166 valence electrons. The summed E-state index contributed by atoms with van der Waals surface area (Å²) >= 11 is 0. The van der Waals surface area contributed by atoms with Crippen molar-refractivity contribution in [3.8, 4) is 11.8 Å². The van der Waals surface area contributed by atoms with Gasteiger partial charge in [0.15, 0.2) is 12.4 Å². The standard InChI is InChI=1S/C20H20F3N3O4S/c1-26(2)16-8-4-7-13-12(16)6-5-9-17(13)31(27,28)25-15-10-14(21)19(24-20(15)29-3)30-11-18(22)23/h4-10,18,25H,11H2,1-3H3. The van der Waals surface area contributed by atoms with Gasteiger partial charge in [-0.3, -0.25) is 4.72 Å². The normalized spacial score (nSPS) is 11.6. The number of fused-ring (bicyclic) bond motifs is 1. The first-order valence-electron chi connectivity index (χ1n) is 9.01. The van der Waals surface area contributed by atoms with Crippen molar-refractivity contribution in [2.24, 2.45) is 0 Å². The molecule has 0 aliphatic carbocycles. The van der Waals surface area contributed by atoms with E-state index < -0.39 is 34.8 Å². The van der Waals surface area contributed by atoms with Gasteiger partial charge in [-0.25, -0.2) is 21.6 Å². The second kappa shape index (κ2) is 8.88. The summed E-state index contributed by atoms with van der Waals surface area (Å²) in [5, 5.41) is 1.17. The van der Waals surface area contributed by atoms with Crippen molar-refractivity contribution in [3.05, 3.63) is 48.3 Å². The number of pyridine rings is 1. The molecule has 0 radical (unpaired) electrons. The van der Waals surface area contributed by atoms with Crippen LogP contribution in [0.5, 0.6) is 11.8 Å². The van der Waals surface area contributed by atoms with Gasteiger partial charge in [-0.05, 0) is 12.1 Å². The number of aromatic nitrogens is 1. The molecule has 0 fully saturated rings. The lowest BCUT2D eigenvalue weighted by molar-refractivity contribution is 0.0770. The van der Waals surface area contributed by atoms with E-state index in [4.69, 9.17) is 4.74 Å². The van der Waals surface area contributed by atoms with Gasteiger partial charge in [0.05, 0.1) is 12.0 Å². The number of anilines is 2. The fourth-order valence-electron chi connectivity index (χ4n) is 3.02. The van der Waals surface area contributed by atoms with Crippen molar-refractivity contribution in [1.29, 1.82) is 0 Å². The molecule has 3 aromatic rings. The minimum absolute atomic E-state index is 0.0332. The molecule has 0 saturated carbocycles. The average molecular weight is 455 g/mol. The van der Waals surface area contributed by atoms with Gasteiger partial charge in [-0.1, -0.05) is 24.3 Å². The van der Waals surface area contributed by atoms with Crippen molar-refractivity contribution >= 4 is 32.2 Å². The van der Waals surface area contributed by atoms with Crippen molar-refractivity contribution < 1.29 is 31.1 Å². The van der Waals surface area contributed by atoms with Gasteiger partial charge in [-0.2, -0.15) is 4.98 Å². The van der Waals surface area contributed by atoms with Crippen LogP contribution in [0.15, 0.2) is 47.4 Å². The first-order valence-corrected chi connectivity index (χ1v) is 10.5. The monoisotopic (exact) mass is 455 g/mol. The van der Waals surface area contributed by atoms with E-state index in [1.165, 1.54) is 13.2 Å². The van der Waals surface area contributed by atoms with E-state index in [-0.39, 0.29) is 16.5 Å². The zero-order valence-corrected chi connectivity index (χ0v) is 17.7. The number of methoxy groups -OCH3 is 1. The summed E-state index contributed by atoms with van der Waals surface area (Å²) in [7, 11) is 0.667. The Balaban J connectivity index is 2.03. The number of ether oxygens (including phenoxy) is 2. The van der Waals surface area contributed by atoms with Crippen molar-refractivity contribution in [3.63, 3.8) is 0 Å². The van der Waals surface area contributed by atoms with Crippen LogP contribution in [0.3, 0.4) is 0 Å². The summed E-state index contributed by atoms with van der Waals surface area (Å²) in [5.41, 5.74) is 0.519. The fourth-order valence-corrected chi connectivity index (χ4v) is 4.29. The molecule has 2 aromatic carbocycles. The summed E-state index contributed by atoms with van der Waals surface area (Å²) in [6.07, 6.45) is -2.83. The summed E-state index contributed by atoms with van der Waals surface area (Å²) in [6, 6.07) is 10.8. The second-order valence-corrected chi connectivity index (χ2v) is 8.31. The van der Waals surface area contributed by atoms with Gasteiger partial charge in [0.1, 0.15) is 5.69 Å². The molecule has 0 atom stereocenters. The predicted octanol–water partition coefficient (Wildman–Crippen LogP) is 3.89. The first-order chi connectivity index (χ1) is 14.6. The highest BCUT2D eigenvalue weighted by Gasteiger charge is 2.23. The van der Waals surface area contributed by atoms with Crippen LogP contribution in [0.4, 0.5) is 24.5 Å². The summed E-state index contributed by atoms with van der Waals surface area (Å²) in [6.45, 7) is -1.07. The molecular formula is C20H20F3N3O4S. The highest BCUT2D eigenvalue weighted by atomic mass is 32.2. The van der Waals surface area contributed by atoms with Gasteiger partial charge < -0.3 is 14.4 Å². The summed E-state index contributed by atoms with van der Waals surface area (Å²) in [4.78, 5) is 5.47. The molecule has 1 aromatic heterocycles. The Hall–Kier alpha value is -3.21. The van der Waals surface area contributed by atoms with Crippen LogP contribution in [0, 0.1) is 5.82 Å². The van der Waals surface area contributed by atoms with Gasteiger partial charge in [0.25, 0.3) is 22.3 Å². The molecule has 7 nitrogen and oxygen atoms in total. The Kier molecular flexibility index (Phi) is 6.44. The van der Waals surface area contributed by atoms with Crippen LogP contribution >= 0.6 is 0 Å². The Morgan fingerprint density at radius 3 is 2.42 bits per heavy atom. The van der Waals surface area contributed by atoms with E-state index in [0.29, 0.717) is 10.8 Å². The molecule has 31 heavy (non-hydrogen) atoms. The molecule has 1 heterocycles. The molecule has 0 unspecified atom stereocenters. The molecule has 0 saturated heterocycles. The Morgan fingerprint density at radius 2 is 1.77 bits per heavy atom. The van der Waals surface area contributed by atoms with Crippen LogP contribution in [0.2, 0.25) is 0 Å². The Morgan fingerprint density at radius 1 is 1.10 bits per heavy atom. The lowest BCUT2D eigenvalue weighted by Crippen LogP contribution is -2.16. The molecule has 11 heteroatoms. The Bertz CT molecular complexity index is 1200. The molecule has 1 N–H and O–H groups in total. The molecule has 0 amide bonds. The number of hydrogen-bond acceptors (Lipinski definition) is 6. The quantitative estimate of drug-likeness (QED) is 0.555. The molecular weight excluding hydrogens is 435 g/mol. The number of hydrogen-bond donors (Lipinski definition) is 1. The van der Waals surface area contributed by atoms with Crippen LogP contribution in [0.25, 0.3) is 10.8 Å². The third-order valence-corrected chi connectivity index (χ3v) is 5.75. The smallest absolute Gasteiger partial charge is 0.272 e. The minimum Gasteiger partial charge on any atom is -0.479 e. The van der Waals surface area contributed by atoms with Crippen LogP contribution in [0.1, 0.15) is 0 Å². The number of nitrogens with zero attached hydrogens (tertiary/aromatic N) is 2. The van der Waals surface area contributed by atoms with E-state index in [1.54, 1.807) is 24.3 Å². The molecule has 0 aliphatic rings. The zero-order chi connectivity index (χ0) is 22.8. The van der Waals surface area contributed by atoms with Gasteiger partial charge in [0.2, 0.25) is 5.88 Å². The van der Waals surface area contributed by atoms with E-state index in [0.717, 1.165) is 11.8 Å². The highest BCUT2D eigenvalue weighted by molar-refractivity contribution is 7.93. The maximum atomic E-state index is 14.3. The number of alkyl halides is 2. The topological polar surface area (TPSA) is 80.8 Å². The van der Waals surface area contributed by atoms with Crippen molar-refractivity contribution in [2.45, 2.75) is 11.3 Å². The second-order valence-electron chi connectivity index (χ2n) is 6.66. The van der Waals surface area contributed by atoms with Crippen LogP contribution in [-0.2, 0) is 10.0 Å². The SMILES string of the molecule is COc1nc(OCC(F)F)c(F)cc1NS(=O)(=O)c1cccc2c(N(C)C)cccc12. The zero-order valence-electron chi connectivity index (χ0n) is 16.9. The third kappa shape index (κ3) is 4.76. The molecule has 3 rings (SSSR count). The predicted molar refractivity (Wildman–Crippen MR) is 111 cm³/mol. The number of nitrogens with one attached hydrogen (secondary N) is 1. The number of sulfonamides is 1. The first kappa shape index (κ1) is 22.5. The van der Waals surface area contributed by atoms with Crippen molar-refractivity contribution in [1.82, 2.24) is 4.98 Å². The van der Waals surface area contributed by atoms with Crippen LogP contribution < -0.4 is 19.1 Å².